The predicted molar refractivity (Wildman–Crippen MR) is 104 cm³/mol. The maximum atomic E-state index is 12.6. The molecule has 0 radical (unpaired) electrons. The molecule has 2 aromatic rings. The summed E-state index contributed by atoms with van der Waals surface area (Å²) < 4.78 is 5.49. The molecule has 7 heteroatoms. The lowest BCUT2D eigenvalue weighted by molar-refractivity contribution is -0.138. The van der Waals surface area contributed by atoms with Gasteiger partial charge >= 0.3 is 0 Å². The van der Waals surface area contributed by atoms with Gasteiger partial charge in [-0.15, -0.1) is 0 Å². The fraction of sp³-hybridized carbons (Fsp3) is 0.238. The molecule has 2 amide bonds. The molecule has 1 N–H and O–H groups in total. The Bertz CT molecular complexity index is 982. The second-order valence-corrected chi connectivity index (χ2v) is 6.67. The Morgan fingerprint density at radius 1 is 1.32 bits per heavy atom. The fourth-order valence-electron chi connectivity index (χ4n) is 3.27. The molecule has 2 aromatic heterocycles. The van der Waals surface area contributed by atoms with Crippen LogP contribution in [0.15, 0.2) is 60.3 Å². The molecule has 3 heterocycles. The second kappa shape index (κ2) is 7.64. The lowest BCUT2D eigenvalue weighted by Crippen LogP contribution is -2.42. The molecule has 0 spiro atoms. The van der Waals surface area contributed by atoms with Crippen LogP contribution in [-0.2, 0) is 14.3 Å². The van der Waals surface area contributed by atoms with Crippen LogP contribution in [0, 0.1) is 6.92 Å². The van der Waals surface area contributed by atoms with Crippen LogP contribution in [0.25, 0.3) is 11.3 Å². The number of anilines is 1. The first-order valence-corrected chi connectivity index (χ1v) is 9.12. The van der Waals surface area contributed by atoms with E-state index >= 15 is 0 Å². The highest BCUT2D eigenvalue weighted by Crippen LogP contribution is 2.27. The minimum absolute atomic E-state index is 0.0352. The molecular formula is C21H20N4O3. The van der Waals surface area contributed by atoms with Gasteiger partial charge in [-0.3, -0.25) is 19.5 Å². The zero-order valence-corrected chi connectivity index (χ0v) is 15.5. The Morgan fingerprint density at radius 2 is 2.21 bits per heavy atom. The largest absolute Gasteiger partial charge is 0.486 e. The number of aryl methyl sites for hydroxylation is 1. The summed E-state index contributed by atoms with van der Waals surface area (Å²) in [6.07, 6.45) is 8.85. The maximum absolute atomic E-state index is 12.6. The molecule has 1 aliphatic carbocycles. The van der Waals surface area contributed by atoms with E-state index in [9.17, 15) is 9.59 Å². The van der Waals surface area contributed by atoms with Gasteiger partial charge in [0.05, 0.1) is 11.4 Å². The number of hydrogen-bond acceptors (Lipinski definition) is 5. The number of pyridine rings is 2. The Morgan fingerprint density at radius 3 is 3.04 bits per heavy atom. The van der Waals surface area contributed by atoms with Gasteiger partial charge in [-0.1, -0.05) is 12.1 Å². The summed E-state index contributed by atoms with van der Waals surface area (Å²) in [4.78, 5) is 34.9. The van der Waals surface area contributed by atoms with Crippen LogP contribution < -0.4 is 5.32 Å². The lowest BCUT2D eigenvalue weighted by Gasteiger charge is -2.31. The summed E-state index contributed by atoms with van der Waals surface area (Å²) in [6, 6.07) is 7.46. The summed E-state index contributed by atoms with van der Waals surface area (Å²) in [5.41, 5.74) is 3.34. The van der Waals surface area contributed by atoms with Crippen LogP contribution in [0.2, 0.25) is 0 Å². The number of amides is 2. The van der Waals surface area contributed by atoms with E-state index in [-0.39, 0.29) is 25.0 Å². The van der Waals surface area contributed by atoms with Gasteiger partial charge in [0.2, 0.25) is 5.91 Å². The Kier molecular flexibility index (Phi) is 4.89. The molecule has 0 atom stereocenters. The van der Waals surface area contributed by atoms with Gasteiger partial charge in [0.15, 0.2) is 6.61 Å². The smallest absolute Gasteiger partial charge is 0.265 e. The molecule has 0 saturated carbocycles. The highest BCUT2D eigenvalue weighted by atomic mass is 16.5. The quantitative estimate of drug-likeness (QED) is 0.887. The van der Waals surface area contributed by atoms with Crippen LogP contribution in [0.5, 0.6) is 0 Å². The lowest BCUT2D eigenvalue weighted by atomic mass is 10.1. The summed E-state index contributed by atoms with van der Waals surface area (Å²) in [6.45, 7) is 1.82. The fourth-order valence-corrected chi connectivity index (χ4v) is 3.27. The highest BCUT2D eigenvalue weighted by molar-refractivity contribution is 5.95. The molecular weight excluding hydrogens is 356 g/mol. The molecule has 0 unspecified atom stereocenters. The van der Waals surface area contributed by atoms with Gasteiger partial charge in [-0.05, 0) is 43.2 Å². The monoisotopic (exact) mass is 376 g/mol. The average molecular weight is 376 g/mol. The number of ether oxygens (including phenoxy) is 1. The summed E-state index contributed by atoms with van der Waals surface area (Å²) in [5, 5.41) is 2.78. The zero-order chi connectivity index (χ0) is 19.5. The van der Waals surface area contributed by atoms with E-state index in [0.717, 1.165) is 35.4 Å². The SMILES string of the molecule is Cc1cnc(NC(=O)CN2C(=O)COC3=C2C=CCC3)cc1-c1ccccn1. The first-order chi connectivity index (χ1) is 13.6. The molecule has 1 aliphatic heterocycles. The molecule has 0 bridgehead atoms. The number of allylic oxidation sites excluding steroid dienone is 3. The minimum atomic E-state index is -0.315. The first kappa shape index (κ1) is 17.9. The van der Waals surface area contributed by atoms with Crippen molar-refractivity contribution in [3.05, 3.63) is 65.8 Å². The van der Waals surface area contributed by atoms with Gasteiger partial charge in [0.25, 0.3) is 5.91 Å². The number of nitrogens with zero attached hydrogens (tertiary/aromatic N) is 3. The number of carbonyl (C=O) groups is 2. The van der Waals surface area contributed by atoms with E-state index in [1.54, 1.807) is 18.5 Å². The van der Waals surface area contributed by atoms with E-state index in [1.165, 1.54) is 4.90 Å². The van der Waals surface area contributed by atoms with Crippen LogP contribution >= 0.6 is 0 Å². The summed E-state index contributed by atoms with van der Waals surface area (Å²) in [7, 11) is 0. The van der Waals surface area contributed by atoms with Crippen molar-refractivity contribution in [3.63, 3.8) is 0 Å². The number of rotatable bonds is 4. The van der Waals surface area contributed by atoms with Crippen molar-refractivity contribution in [3.8, 4) is 11.3 Å². The molecule has 142 valence electrons. The molecule has 0 fully saturated rings. The van der Waals surface area contributed by atoms with Crippen molar-refractivity contribution in [2.24, 2.45) is 0 Å². The Hall–Kier alpha value is -3.48. The topological polar surface area (TPSA) is 84.4 Å². The van der Waals surface area contributed by atoms with Crippen molar-refractivity contribution in [1.82, 2.24) is 14.9 Å². The van der Waals surface area contributed by atoms with E-state index in [0.29, 0.717) is 11.5 Å². The molecule has 4 rings (SSSR count). The summed E-state index contributed by atoms with van der Waals surface area (Å²) in [5.74, 6) is 0.641. The Balaban J connectivity index is 1.51. The van der Waals surface area contributed by atoms with Gasteiger partial charge in [-0.25, -0.2) is 4.98 Å². The predicted octanol–water partition coefficient (Wildman–Crippen LogP) is 2.81. The number of hydrogen-bond donors (Lipinski definition) is 1. The third-order valence-electron chi connectivity index (χ3n) is 4.67. The third-order valence-corrected chi connectivity index (χ3v) is 4.67. The average Bonchev–Trinajstić information content (AvgIpc) is 2.72. The second-order valence-electron chi connectivity index (χ2n) is 6.67. The van der Waals surface area contributed by atoms with Crippen LogP contribution in [0.3, 0.4) is 0 Å². The zero-order valence-electron chi connectivity index (χ0n) is 15.5. The van der Waals surface area contributed by atoms with Crippen molar-refractivity contribution in [2.45, 2.75) is 19.8 Å². The highest BCUT2D eigenvalue weighted by Gasteiger charge is 2.29. The van der Waals surface area contributed by atoms with Crippen LogP contribution in [-0.4, -0.2) is 39.8 Å². The van der Waals surface area contributed by atoms with Crippen LogP contribution in [0.1, 0.15) is 18.4 Å². The number of carbonyl (C=O) groups excluding carboxylic acids is 2. The third kappa shape index (κ3) is 3.64. The van der Waals surface area contributed by atoms with Gasteiger partial charge in [-0.2, -0.15) is 0 Å². The van der Waals surface area contributed by atoms with E-state index in [4.69, 9.17) is 4.74 Å². The van der Waals surface area contributed by atoms with Crippen molar-refractivity contribution < 1.29 is 14.3 Å². The standard InChI is InChI=1S/C21H20N4O3/c1-14-11-23-19(10-15(14)16-6-4-5-9-22-16)24-20(26)12-25-17-7-2-3-8-18(17)28-13-21(25)27/h2,4-7,9-11H,3,8,12-13H2,1H3,(H,23,24,26). The Labute approximate surface area is 162 Å². The van der Waals surface area contributed by atoms with Gasteiger partial charge in [0.1, 0.15) is 18.1 Å². The maximum Gasteiger partial charge on any atom is 0.265 e. The van der Waals surface area contributed by atoms with Crippen molar-refractivity contribution in [2.75, 3.05) is 18.5 Å². The van der Waals surface area contributed by atoms with Crippen molar-refractivity contribution >= 4 is 17.6 Å². The van der Waals surface area contributed by atoms with Crippen LogP contribution in [0.4, 0.5) is 5.82 Å². The van der Waals surface area contributed by atoms with Gasteiger partial charge in [0, 0.05) is 24.4 Å². The minimum Gasteiger partial charge on any atom is -0.486 e. The van der Waals surface area contributed by atoms with E-state index < -0.39 is 0 Å². The normalized spacial score (nSPS) is 15.9. The van der Waals surface area contributed by atoms with Crippen molar-refractivity contribution in [1.29, 1.82) is 0 Å². The molecule has 7 nitrogen and oxygen atoms in total. The number of aromatic nitrogens is 2. The molecule has 0 aromatic carbocycles. The van der Waals surface area contributed by atoms with E-state index in [1.807, 2.05) is 37.3 Å². The molecule has 0 saturated heterocycles. The molecule has 2 aliphatic rings. The first-order valence-electron chi connectivity index (χ1n) is 9.12. The number of nitrogens with one attached hydrogen (secondary N) is 1. The van der Waals surface area contributed by atoms with Gasteiger partial charge < -0.3 is 10.1 Å². The summed E-state index contributed by atoms with van der Waals surface area (Å²) >= 11 is 0. The molecule has 28 heavy (non-hydrogen) atoms. The van der Waals surface area contributed by atoms with E-state index in [2.05, 4.69) is 15.3 Å².